The van der Waals surface area contributed by atoms with Gasteiger partial charge in [-0.05, 0) is 62.8 Å². The van der Waals surface area contributed by atoms with Gasteiger partial charge in [0.2, 0.25) is 11.8 Å². The van der Waals surface area contributed by atoms with Crippen LogP contribution < -0.4 is 5.32 Å². The number of hydrogen-bond donors (Lipinski definition) is 2. The Balaban J connectivity index is 1.67. The zero-order valence-electron chi connectivity index (χ0n) is 19.0. The molecule has 1 aromatic carbocycles. The number of carbonyl (C=O) groups excluding carboxylic acids is 3. The van der Waals surface area contributed by atoms with E-state index in [1.54, 1.807) is 47.9 Å². The minimum atomic E-state index is -0.677. The van der Waals surface area contributed by atoms with E-state index in [-0.39, 0.29) is 42.2 Å². The van der Waals surface area contributed by atoms with Crippen molar-refractivity contribution < 1.29 is 24.2 Å². The summed E-state index contributed by atoms with van der Waals surface area (Å²) in [6.45, 7) is 4.64. The Bertz CT molecular complexity index is 913. The van der Waals surface area contributed by atoms with Gasteiger partial charge in [-0.15, -0.1) is 11.8 Å². The molecule has 9 heteroatoms. The molecule has 3 heterocycles. The molecule has 3 saturated heterocycles. The van der Waals surface area contributed by atoms with Crippen LogP contribution in [0.2, 0.25) is 5.02 Å². The van der Waals surface area contributed by atoms with Crippen molar-refractivity contribution in [1.82, 2.24) is 4.90 Å². The van der Waals surface area contributed by atoms with Crippen molar-refractivity contribution in [1.29, 1.82) is 0 Å². The fraction of sp³-hybridized carbons (Fsp3) is 0.625. The monoisotopic (exact) mass is 494 g/mol. The molecule has 180 valence electrons. The Labute approximate surface area is 203 Å². The first-order chi connectivity index (χ1) is 15.8. The van der Waals surface area contributed by atoms with Gasteiger partial charge in [-0.1, -0.05) is 18.5 Å². The molecule has 3 fully saturated rings. The van der Waals surface area contributed by atoms with Gasteiger partial charge in [0.05, 0.1) is 23.2 Å². The topological polar surface area (TPSA) is 95.9 Å². The highest BCUT2D eigenvalue weighted by atomic mass is 35.5. The van der Waals surface area contributed by atoms with Crippen molar-refractivity contribution in [2.45, 2.75) is 55.6 Å². The summed E-state index contributed by atoms with van der Waals surface area (Å²) in [6, 6.07) is 6.22. The maximum absolute atomic E-state index is 13.8. The standard InChI is InChI=1S/C24H31ClN2O5S/c1-3-32-23(31)18-17-13-14(2)24(33-17)19(18)22(30)27(11-5-4-6-12-28)20(24)21(29)26-16-9-7-15(25)8-10-16/h7-10,14,17-20,28H,3-6,11-13H2,1-2H3,(H,26,29)/t14?,17-,18+,19+,20?,24?/m1/s1. The van der Waals surface area contributed by atoms with Gasteiger partial charge >= 0.3 is 5.97 Å². The van der Waals surface area contributed by atoms with Crippen molar-refractivity contribution in [2.75, 3.05) is 25.1 Å². The van der Waals surface area contributed by atoms with Crippen LogP contribution in [-0.4, -0.2) is 63.6 Å². The minimum Gasteiger partial charge on any atom is -0.466 e. The number of nitrogens with one attached hydrogen (secondary N) is 1. The first-order valence-electron chi connectivity index (χ1n) is 11.7. The molecule has 1 aromatic rings. The largest absolute Gasteiger partial charge is 0.466 e. The Morgan fingerprint density at radius 2 is 2.00 bits per heavy atom. The molecule has 2 N–H and O–H groups in total. The average Bonchev–Trinajstić information content (AvgIpc) is 3.37. The van der Waals surface area contributed by atoms with Crippen LogP contribution in [0.4, 0.5) is 5.69 Å². The Morgan fingerprint density at radius 1 is 1.27 bits per heavy atom. The number of benzene rings is 1. The Kier molecular flexibility index (Phi) is 7.26. The van der Waals surface area contributed by atoms with Crippen LogP contribution in [-0.2, 0) is 19.1 Å². The molecule has 6 atom stereocenters. The van der Waals surface area contributed by atoms with E-state index in [2.05, 4.69) is 12.2 Å². The number of likely N-dealkylation sites (tertiary alicyclic amines) is 1. The third kappa shape index (κ3) is 4.15. The molecule has 4 rings (SSSR count). The normalized spacial score (nSPS) is 32.2. The summed E-state index contributed by atoms with van der Waals surface area (Å²) < 4.78 is 4.69. The van der Waals surface area contributed by atoms with E-state index in [0.29, 0.717) is 30.1 Å². The van der Waals surface area contributed by atoms with E-state index in [4.69, 9.17) is 21.4 Å². The Morgan fingerprint density at radius 3 is 2.67 bits per heavy atom. The van der Waals surface area contributed by atoms with Gasteiger partial charge < -0.3 is 20.1 Å². The van der Waals surface area contributed by atoms with Gasteiger partial charge in [0, 0.05) is 29.1 Å². The van der Waals surface area contributed by atoms with Crippen LogP contribution in [0.3, 0.4) is 0 Å². The molecule has 3 aliphatic rings. The van der Waals surface area contributed by atoms with Crippen molar-refractivity contribution >= 4 is 46.8 Å². The predicted molar refractivity (Wildman–Crippen MR) is 128 cm³/mol. The highest BCUT2D eigenvalue weighted by molar-refractivity contribution is 8.02. The molecule has 0 aliphatic carbocycles. The lowest BCUT2D eigenvalue weighted by molar-refractivity contribution is -0.154. The van der Waals surface area contributed by atoms with Gasteiger partial charge in [-0.2, -0.15) is 0 Å². The van der Waals surface area contributed by atoms with Crippen LogP contribution in [0.5, 0.6) is 0 Å². The van der Waals surface area contributed by atoms with Gasteiger partial charge in [-0.3, -0.25) is 14.4 Å². The molecule has 2 bridgehead atoms. The molecular weight excluding hydrogens is 464 g/mol. The van der Waals surface area contributed by atoms with Crippen molar-refractivity contribution in [3.8, 4) is 0 Å². The van der Waals surface area contributed by atoms with Crippen molar-refractivity contribution in [3.63, 3.8) is 0 Å². The number of aliphatic hydroxyl groups excluding tert-OH is 1. The SMILES string of the molecule is CCOC(=O)[C@@H]1[C@H]2C(=O)N(CCCCCO)C(C(=O)Nc3ccc(Cl)cc3)C23S[C@@H]1CC3C. The average molecular weight is 495 g/mol. The number of halogens is 1. The molecule has 0 saturated carbocycles. The summed E-state index contributed by atoms with van der Waals surface area (Å²) in [7, 11) is 0. The van der Waals surface area contributed by atoms with E-state index in [9.17, 15) is 14.4 Å². The number of anilines is 1. The van der Waals surface area contributed by atoms with Gasteiger partial charge in [-0.25, -0.2) is 0 Å². The third-order valence-corrected chi connectivity index (χ3v) is 9.55. The zero-order valence-corrected chi connectivity index (χ0v) is 20.5. The fourth-order valence-corrected chi connectivity index (χ4v) is 8.42. The molecule has 3 aliphatic heterocycles. The summed E-state index contributed by atoms with van der Waals surface area (Å²) in [5.74, 6) is -1.67. The van der Waals surface area contributed by atoms with Gasteiger partial charge in [0.1, 0.15) is 6.04 Å². The van der Waals surface area contributed by atoms with Crippen LogP contribution in [0.1, 0.15) is 39.5 Å². The molecule has 33 heavy (non-hydrogen) atoms. The maximum atomic E-state index is 13.8. The predicted octanol–water partition coefficient (Wildman–Crippen LogP) is 3.34. The number of aliphatic hydroxyl groups is 1. The highest BCUT2D eigenvalue weighted by Gasteiger charge is 2.76. The second kappa shape index (κ2) is 9.84. The fourth-order valence-electron chi connectivity index (χ4n) is 5.88. The summed E-state index contributed by atoms with van der Waals surface area (Å²) in [5, 5.41) is 12.7. The highest BCUT2D eigenvalue weighted by Crippen LogP contribution is 2.68. The lowest BCUT2D eigenvalue weighted by Crippen LogP contribution is -2.54. The second-order valence-corrected chi connectivity index (χ2v) is 11.1. The van der Waals surface area contributed by atoms with E-state index < -0.39 is 22.6 Å². The quantitative estimate of drug-likeness (QED) is 0.404. The second-order valence-electron chi connectivity index (χ2n) is 9.12. The molecule has 1 spiro atoms. The molecule has 2 amide bonds. The number of hydrogen-bond acceptors (Lipinski definition) is 6. The van der Waals surface area contributed by atoms with Crippen molar-refractivity contribution in [2.24, 2.45) is 17.8 Å². The molecule has 3 unspecified atom stereocenters. The lowest BCUT2D eigenvalue weighted by Gasteiger charge is -2.38. The van der Waals surface area contributed by atoms with Crippen LogP contribution in [0, 0.1) is 17.8 Å². The first-order valence-corrected chi connectivity index (χ1v) is 12.9. The third-order valence-electron chi connectivity index (χ3n) is 7.22. The van der Waals surface area contributed by atoms with E-state index in [1.807, 2.05) is 0 Å². The number of thioether (sulfide) groups is 1. The smallest absolute Gasteiger partial charge is 0.310 e. The van der Waals surface area contributed by atoms with Crippen LogP contribution in [0.15, 0.2) is 24.3 Å². The number of amides is 2. The molecule has 7 nitrogen and oxygen atoms in total. The minimum absolute atomic E-state index is 0.0182. The summed E-state index contributed by atoms with van der Waals surface area (Å²) in [4.78, 5) is 42.1. The van der Waals surface area contributed by atoms with Crippen LogP contribution in [0.25, 0.3) is 0 Å². The zero-order chi connectivity index (χ0) is 23.8. The molecule has 0 radical (unpaired) electrons. The van der Waals surface area contributed by atoms with Gasteiger partial charge in [0.25, 0.3) is 0 Å². The maximum Gasteiger partial charge on any atom is 0.310 e. The van der Waals surface area contributed by atoms with E-state index in [0.717, 1.165) is 12.8 Å². The number of carbonyl (C=O) groups is 3. The number of ether oxygens (including phenoxy) is 1. The number of fused-ring (bicyclic) bond motifs is 1. The number of unbranched alkanes of at least 4 members (excludes halogenated alkanes) is 2. The van der Waals surface area contributed by atoms with Crippen molar-refractivity contribution in [3.05, 3.63) is 29.3 Å². The summed E-state index contributed by atoms with van der Waals surface area (Å²) >= 11 is 7.62. The van der Waals surface area contributed by atoms with E-state index in [1.165, 1.54) is 0 Å². The number of rotatable bonds is 9. The summed E-state index contributed by atoms with van der Waals surface area (Å²) in [5.41, 5.74) is 0.615. The first kappa shape index (κ1) is 24.4. The van der Waals surface area contributed by atoms with Crippen LogP contribution >= 0.6 is 23.4 Å². The Hall–Kier alpha value is -1.77. The van der Waals surface area contributed by atoms with E-state index >= 15 is 0 Å². The molecular formula is C24H31ClN2O5S. The molecule has 0 aromatic heterocycles. The lowest BCUT2D eigenvalue weighted by atomic mass is 9.66. The number of nitrogens with zero attached hydrogens (tertiary/aromatic N) is 1. The number of esters is 1. The summed E-state index contributed by atoms with van der Waals surface area (Å²) in [6.07, 6.45) is 2.88. The van der Waals surface area contributed by atoms with Gasteiger partial charge in [0.15, 0.2) is 0 Å².